The average Bonchev–Trinajstić information content (AvgIpc) is 2.24. The molecule has 0 aromatic heterocycles. The van der Waals surface area contributed by atoms with Crippen LogP contribution < -0.4 is 4.74 Å². The quantitative estimate of drug-likeness (QED) is 0.724. The molecule has 0 saturated heterocycles. The van der Waals surface area contributed by atoms with Crippen LogP contribution in [0.25, 0.3) is 0 Å². The first-order chi connectivity index (χ1) is 7.49. The molecular formula is C12H14F2O2. The number of hydrogen-bond acceptors (Lipinski definition) is 2. The Kier molecular flexibility index (Phi) is 3.99. The van der Waals surface area contributed by atoms with Gasteiger partial charge in [-0.1, -0.05) is 6.07 Å². The van der Waals surface area contributed by atoms with Crippen LogP contribution in [-0.2, 0) is 17.1 Å². The standard InChI is InChI=1S/C12H14F2O2/c1-12(13,14)10-8-9(4-3-7-15)5-6-11(10)16-2/h5-8H,3-4H2,1-2H3. The Bertz CT molecular complexity index is 370. The number of carbonyl (C=O) groups excluding carboxylic acids is 1. The molecule has 0 N–H and O–H groups in total. The predicted molar refractivity (Wildman–Crippen MR) is 56.9 cm³/mol. The predicted octanol–water partition coefficient (Wildman–Crippen LogP) is 2.94. The maximum absolute atomic E-state index is 13.3. The van der Waals surface area contributed by atoms with Crippen LogP contribution in [0.4, 0.5) is 8.78 Å². The number of hydrogen-bond donors (Lipinski definition) is 0. The van der Waals surface area contributed by atoms with E-state index in [1.807, 2.05) is 0 Å². The zero-order valence-electron chi connectivity index (χ0n) is 9.30. The van der Waals surface area contributed by atoms with E-state index in [4.69, 9.17) is 4.74 Å². The number of benzene rings is 1. The third-order valence-electron chi connectivity index (χ3n) is 2.29. The van der Waals surface area contributed by atoms with Gasteiger partial charge in [0.2, 0.25) is 0 Å². The molecule has 0 aliphatic carbocycles. The number of aryl methyl sites for hydroxylation is 1. The maximum Gasteiger partial charge on any atom is 0.274 e. The summed E-state index contributed by atoms with van der Waals surface area (Å²) in [6.45, 7) is 0.828. The molecule has 1 aromatic rings. The first kappa shape index (κ1) is 12.6. The van der Waals surface area contributed by atoms with Crippen molar-refractivity contribution >= 4 is 6.29 Å². The smallest absolute Gasteiger partial charge is 0.274 e. The molecule has 1 rings (SSSR count). The average molecular weight is 228 g/mol. The molecule has 0 radical (unpaired) electrons. The highest BCUT2D eigenvalue weighted by Gasteiger charge is 2.28. The Balaban J connectivity index is 3.06. The molecule has 0 fully saturated rings. The normalized spacial score (nSPS) is 11.2. The number of alkyl halides is 2. The van der Waals surface area contributed by atoms with Gasteiger partial charge >= 0.3 is 0 Å². The number of rotatable bonds is 5. The van der Waals surface area contributed by atoms with Crippen LogP contribution in [0.2, 0.25) is 0 Å². The van der Waals surface area contributed by atoms with Crippen LogP contribution in [0, 0.1) is 0 Å². The van der Waals surface area contributed by atoms with Gasteiger partial charge in [0.05, 0.1) is 12.7 Å². The van der Waals surface area contributed by atoms with Gasteiger partial charge < -0.3 is 9.53 Å². The molecule has 0 heterocycles. The summed E-state index contributed by atoms with van der Waals surface area (Å²) in [7, 11) is 1.36. The number of methoxy groups -OCH3 is 1. The molecule has 0 spiro atoms. The Morgan fingerprint density at radius 1 is 1.44 bits per heavy atom. The van der Waals surface area contributed by atoms with E-state index < -0.39 is 5.92 Å². The van der Waals surface area contributed by atoms with Gasteiger partial charge in [0, 0.05) is 13.3 Å². The summed E-state index contributed by atoms with van der Waals surface area (Å²) in [5.41, 5.74) is 0.572. The van der Waals surface area contributed by atoms with Gasteiger partial charge in [0.25, 0.3) is 5.92 Å². The van der Waals surface area contributed by atoms with E-state index in [9.17, 15) is 13.6 Å². The van der Waals surface area contributed by atoms with E-state index in [1.165, 1.54) is 19.2 Å². The lowest BCUT2D eigenvalue weighted by Gasteiger charge is -2.16. The minimum absolute atomic E-state index is 0.140. The molecule has 1 aromatic carbocycles. The molecular weight excluding hydrogens is 214 g/mol. The number of aldehydes is 1. The van der Waals surface area contributed by atoms with Gasteiger partial charge in [-0.25, -0.2) is 8.78 Å². The second-order valence-corrected chi connectivity index (χ2v) is 3.63. The van der Waals surface area contributed by atoms with Gasteiger partial charge in [-0.3, -0.25) is 0 Å². The summed E-state index contributed by atoms with van der Waals surface area (Å²) in [5.74, 6) is -2.77. The zero-order valence-corrected chi connectivity index (χ0v) is 9.30. The molecule has 4 heteroatoms. The van der Waals surface area contributed by atoms with Crippen LogP contribution in [0.5, 0.6) is 5.75 Å². The third kappa shape index (κ3) is 3.02. The van der Waals surface area contributed by atoms with Crippen molar-refractivity contribution in [2.75, 3.05) is 7.11 Å². The minimum atomic E-state index is -2.94. The first-order valence-corrected chi connectivity index (χ1v) is 4.98. The molecule has 0 amide bonds. The lowest BCUT2D eigenvalue weighted by Crippen LogP contribution is -2.09. The summed E-state index contributed by atoms with van der Waals surface area (Å²) in [6, 6.07) is 4.59. The van der Waals surface area contributed by atoms with Crippen LogP contribution in [0.3, 0.4) is 0 Å². The SMILES string of the molecule is COc1ccc(CCC=O)cc1C(C)(F)F. The topological polar surface area (TPSA) is 26.3 Å². The molecule has 0 aliphatic heterocycles. The maximum atomic E-state index is 13.3. The van der Waals surface area contributed by atoms with E-state index in [0.717, 1.165) is 13.2 Å². The minimum Gasteiger partial charge on any atom is -0.496 e. The van der Waals surface area contributed by atoms with Crippen molar-refractivity contribution < 1.29 is 18.3 Å². The Labute approximate surface area is 93.2 Å². The summed E-state index contributed by atoms with van der Waals surface area (Å²) in [4.78, 5) is 10.2. The summed E-state index contributed by atoms with van der Waals surface area (Å²) < 4.78 is 31.4. The Morgan fingerprint density at radius 2 is 2.12 bits per heavy atom. The van der Waals surface area contributed by atoms with Crippen molar-refractivity contribution in [1.82, 2.24) is 0 Å². The van der Waals surface area contributed by atoms with Crippen molar-refractivity contribution in [3.8, 4) is 5.75 Å². The second-order valence-electron chi connectivity index (χ2n) is 3.63. The van der Waals surface area contributed by atoms with Crippen LogP contribution in [0.15, 0.2) is 18.2 Å². The second kappa shape index (κ2) is 5.05. The molecule has 0 atom stereocenters. The fraction of sp³-hybridized carbons (Fsp3) is 0.417. The van der Waals surface area contributed by atoms with Gasteiger partial charge in [0.1, 0.15) is 12.0 Å². The highest BCUT2D eigenvalue weighted by molar-refractivity contribution is 5.50. The fourth-order valence-electron chi connectivity index (χ4n) is 1.48. The fourth-order valence-corrected chi connectivity index (χ4v) is 1.48. The zero-order chi connectivity index (χ0) is 12.2. The lowest BCUT2D eigenvalue weighted by atomic mass is 10.0. The summed E-state index contributed by atoms with van der Waals surface area (Å²) in [6.07, 6.45) is 1.58. The van der Waals surface area contributed by atoms with E-state index >= 15 is 0 Å². The molecule has 0 saturated carbocycles. The third-order valence-corrected chi connectivity index (χ3v) is 2.29. The highest BCUT2D eigenvalue weighted by atomic mass is 19.3. The van der Waals surface area contributed by atoms with Gasteiger partial charge in [-0.15, -0.1) is 0 Å². The van der Waals surface area contributed by atoms with Crippen molar-refractivity contribution in [3.63, 3.8) is 0 Å². The molecule has 16 heavy (non-hydrogen) atoms. The van der Waals surface area contributed by atoms with Gasteiger partial charge in [0.15, 0.2) is 0 Å². The molecule has 0 bridgehead atoms. The van der Waals surface area contributed by atoms with Crippen molar-refractivity contribution in [2.24, 2.45) is 0 Å². The van der Waals surface area contributed by atoms with Crippen molar-refractivity contribution in [3.05, 3.63) is 29.3 Å². The largest absolute Gasteiger partial charge is 0.496 e. The molecule has 0 unspecified atom stereocenters. The number of halogens is 2. The molecule has 88 valence electrons. The van der Waals surface area contributed by atoms with Crippen LogP contribution in [-0.4, -0.2) is 13.4 Å². The van der Waals surface area contributed by atoms with Crippen molar-refractivity contribution in [2.45, 2.75) is 25.7 Å². The summed E-state index contributed by atoms with van der Waals surface area (Å²) >= 11 is 0. The van der Waals surface area contributed by atoms with E-state index in [1.54, 1.807) is 6.07 Å². The lowest BCUT2D eigenvalue weighted by molar-refractivity contribution is -0.107. The van der Waals surface area contributed by atoms with Crippen molar-refractivity contribution in [1.29, 1.82) is 0 Å². The van der Waals surface area contributed by atoms with Crippen LogP contribution >= 0.6 is 0 Å². The van der Waals surface area contributed by atoms with E-state index in [-0.39, 0.29) is 11.3 Å². The Hall–Kier alpha value is -1.45. The van der Waals surface area contributed by atoms with Gasteiger partial charge in [-0.2, -0.15) is 0 Å². The van der Waals surface area contributed by atoms with E-state index in [2.05, 4.69) is 0 Å². The van der Waals surface area contributed by atoms with Crippen LogP contribution in [0.1, 0.15) is 24.5 Å². The molecule has 0 aliphatic rings. The number of carbonyl (C=O) groups is 1. The Morgan fingerprint density at radius 3 is 2.62 bits per heavy atom. The van der Waals surface area contributed by atoms with Gasteiger partial charge in [-0.05, 0) is 24.1 Å². The number of ether oxygens (including phenoxy) is 1. The monoisotopic (exact) mass is 228 g/mol. The summed E-state index contributed by atoms with van der Waals surface area (Å²) in [5, 5.41) is 0. The first-order valence-electron chi connectivity index (χ1n) is 4.98. The highest BCUT2D eigenvalue weighted by Crippen LogP contribution is 2.35. The van der Waals surface area contributed by atoms with E-state index in [0.29, 0.717) is 18.4 Å². The molecule has 2 nitrogen and oxygen atoms in total.